The minimum absolute atomic E-state index is 0.0444. The van der Waals surface area contributed by atoms with Crippen LogP contribution in [-0.2, 0) is 4.79 Å². The van der Waals surface area contributed by atoms with Crippen molar-refractivity contribution in [3.8, 4) is 11.5 Å². The number of benzene rings is 1. The molecule has 1 aromatic rings. The molecule has 1 unspecified atom stereocenters. The van der Waals surface area contributed by atoms with E-state index in [0.29, 0.717) is 24.3 Å². The molecule has 0 saturated heterocycles. The maximum atomic E-state index is 12.3. The molecule has 1 aliphatic rings. The van der Waals surface area contributed by atoms with Gasteiger partial charge in [0.2, 0.25) is 6.79 Å². The van der Waals surface area contributed by atoms with Crippen LogP contribution < -0.4 is 14.8 Å². The molecule has 0 bridgehead atoms. The van der Waals surface area contributed by atoms with Gasteiger partial charge in [-0.15, -0.1) is 0 Å². The molecule has 0 fully saturated rings. The molecule has 7 heteroatoms. The number of amides is 1. The number of fused-ring (bicyclic) bond motifs is 1. The van der Waals surface area contributed by atoms with Gasteiger partial charge >= 0.3 is 5.97 Å². The van der Waals surface area contributed by atoms with Gasteiger partial charge in [0, 0.05) is 5.56 Å². The quantitative estimate of drug-likeness (QED) is 0.872. The number of aliphatic carboxylic acids is 1. The van der Waals surface area contributed by atoms with E-state index in [1.165, 1.54) is 19.1 Å². The van der Waals surface area contributed by atoms with Gasteiger partial charge in [0.25, 0.3) is 5.91 Å². The Kier molecular flexibility index (Phi) is 4.27. The number of carbonyl (C=O) groups is 2. The molecule has 1 aromatic carbocycles. The highest BCUT2D eigenvalue weighted by atomic mass is 35.5. The van der Waals surface area contributed by atoms with Crippen molar-refractivity contribution in [2.75, 3.05) is 6.79 Å². The Hall–Kier alpha value is -1.95. The molecule has 1 heterocycles. The molecule has 0 aromatic heterocycles. The number of ether oxygens (including phenoxy) is 2. The first-order valence-electron chi connectivity index (χ1n) is 6.52. The lowest BCUT2D eigenvalue weighted by Gasteiger charge is -2.25. The Morgan fingerprint density at radius 1 is 1.43 bits per heavy atom. The maximum absolute atomic E-state index is 12.3. The smallest absolute Gasteiger partial charge is 0.329 e. The van der Waals surface area contributed by atoms with Crippen molar-refractivity contribution in [3.63, 3.8) is 0 Å². The first-order valence-corrected chi connectivity index (χ1v) is 6.90. The molecule has 0 spiro atoms. The number of rotatable bonds is 5. The topological polar surface area (TPSA) is 84.9 Å². The molecular weight excluding hydrogens is 298 g/mol. The Balaban J connectivity index is 2.24. The van der Waals surface area contributed by atoms with Gasteiger partial charge in [0.05, 0.1) is 5.02 Å². The molecule has 0 saturated carbocycles. The number of hydrogen-bond acceptors (Lipinski definition) is 4. The zero-order valence-corrected chi connectivity index (χ0v) is 12.5. The van der Waals surface area contributed by atoms with Crippen molar-refractivity contribution in [1.82, 2.24) is 5.32 Å². The molecule has 2 rings (SSSR count). The van der Waals surface area contributed by atoms with Crippen molar-refractivity contribution in [3.05, 3.63) is 22.7 Å². The van der Waals surface area contributed by atoms with Crippen molar-refractivity contribution in [2.45, 2.75) is 32.2 Å². The van der Waals surface area contributed by atoms with E-state index in [9.17, 15) is 14.7 Å². The molecule has 0 aliphatic carbocycles. The van der Waals surface area contributed by atoms with E-state index >= 15 is 0 Å². The molecule has 1 aliphatic heterocycles. The Morgan fingerprint density at radius 3 is 2.76 bits per heavy atom. The fraction of sp³-hybridized carbons (Fsp3) is 0.429. The second-order valence-corrected chi connectivity index (χ2v) is 5.44. The van der Waals surface area contributed by atoms with Crippen LogP contribution in [0, 0.1) is 0 Å². The van der Waals surface area contributed by atoms with Crippen molar-refractivity contribution >= 4 is 23.5 Å². The molecule has 1 atom stereocenters. The Labute approximate surface area is 127 Å². The first-order chi connectivity index (χ1) is 9.87. The molecule has 2 N–H and O–H groups in total. The third-order valence-electron chi connectivity index (χ3n) is 3.30. The van der Waals surface area contributed by atoms with E-state index in [2.05, 4.69) is 5.32 Å². The van der Waals surface area contributed by atoms with Crippen LogP contribution in [0.4, 0.5) is 0 Å². The lowest BCUT2D eigenvalue weighted by molar-refractivity contribution is -0.144. The normalized spacial score (nSPS) is 15.4. The second kappa shape index (κ2) is 5.81. The molecule has 114 valence electrons. The van der Waals surface area contributed by atoms with Gasteiger partial charge in [0.15, 0.2) is 11.5 Å². The highest BCUT2D eigenvalue weighted by Crippen LogP contribution is 2.39. The Bertz CT molecular complexity index is 589. The average molecular weight is 314 g/mol. The second-order valence-electron chi connectivity index (χ2n) is 5.03. The lowest BCUT2D eigenvalue weighted by atomic mass is 9.95. The molecule has 1 amide bonds. The SMILES string of the molecule is CCCC(C)(NC(=O)c1cc(Cl)c2c(c1)OCO2)C(=O)O. The zero-order chi connectivity index (χ0) is 15.6. The van der Waals surface area contributed by atoms with Gasteiger partial charge in [-0.05, 0) is 25.5 Å². The van der Waals surface area contributed by atoms with E-state index in [4.69, 9.17) is 21.1 Å². The van der Waals surface area contributed by atoms with Gasteiger partial charge in [-0.1, -0.05) is 24.9 Å². The summed E-state index contributed by atoms with van der Waals surface area (Å²) >= 11 is 6.01. The van der Waals surface area contributed by atoms with Crippen LogP contribution in [0.5, 0.6) is 11.5 Å². The summed E-state index contributed by atoms with van der Waals surface area (Å²) in [6.07, 6.45) is 0.956. The fourth-order valence-corrected chi connectivity index (χ4v) is 2.41. The molecular formula is C14H16ClNO5. The lowest BCUT2D eigenvalue weighted by Crippen LogP contribution is -2.52. The summed E-state index contributed by atoms with van der Waals surface area (Å²) in [6.45, 7) is 3.37. The number of halogens is 1. The van der Waals surface area contributed by atoms with Crippen LogP contribution in [0.1, 0.15) is 37.0 Å². The summed E-state index contributed by atoms with van der Waals surface area (Å²) < 4.78 is 10.4. The zero-order valence-electron chi connectivity index (χ0n) is 11.7. The van der Waals surface area contributed by atoms with Gasteiger partial charge in [0.1, 0.15) is 5.54 Å². The van der Waals surface area contributed by atoms with E-state index in [1.807, 2.05) is 6.92 Å². The van der Waals surface area contributed by atoms with Gasteiger partial charge < -0.3 is 19.9 Å². The summed E-state index contributed by atoms with van der Waals surface area (Å²) in [4.78, 5) is 23.6. The van der Waals surface area contributed by atoms with Crippen LogP contribution in [0.2, 0.25) is 5.02 Å². The Morgan fingerprint density at radius 2 is 2.14 bits per heavy atom. The molecule has 6 nitrogen and oxygen atoms in total. The number of nitrogens with one attached hydrogen (secondary N) is 1. The monoisotopic (exact) mass is 313 g/mol. The predicted octanol–water partition coefficient (Wildman–Crippen LogP) is 2.44. The van der Waals surface area contributed by atoms with Crippen LogP contribution in [0.15, 0.2) is 12.1 Å². The summed E-state index contributed by atoms with van der Waals surface area (Å²) in [5, 5.41) is 12.1. The van der Waals surface area contributed by atoms with E-state index in [0.717, 1.165) is 0 Å². The summed E-state index contributed by atoms with van der Waals surface area (Å²) in [5.41, 5.74) is -1.10. The number of hydrogen-bond donors (Lipinski definition) is 2. The number of carbonyl (C=O) groups excluding carboxylic acids is 1. The predicted molar refractivity (Wildman–Crippen MR) is 76.0 cm³/mol. The van der Waals surface area contributed by atoms with Crippen molar-refractivity contribution in [1.29, 1.82) is 0 Å². The largest absolute Gasteiger partial charge is 0.480 e. The van der Waals surface area contributed by atoms with Gasteiger partial charge in [-0.2, -0.15) is 0 Å². The fourth-order valence-electron chi connectivity index (χ4n) is 2.14. The van der Waals surface area contributed by atoms with E-state index < -0.39 is 17.4 Å². The highest BCUT2D eigenvalue weighted by molar-refractivity contribution is 6.32. The number of carboxylic acids is 1. The summed E-state index contributed by atoms with van der Waals surface area (Å²) in [6, 6.07) is 2.91. The minimum Gasteiger partial charge on any atom is -0.480 e. The van der Waals surface area contributed by atoms with E-state index in [-0.39, 0.29) is 17.4 Å². The standard InChI is InChI=1S/C14H16ClNO5/c1-3-4-14(2,13(18)19)16-12(17)8-5-9(15)11-10(6-8)20-7-21-11/h5-6H,3-4,7H2,1-2H3,(H,16,17)(H,18,19). The third kappa shape index (κ3) is 3.05. The number of carboxylic acid groups (broad SMARTS) is 1. The van der Waals surface area contributed by atoms with Crippen LogP contribution in [0.25, 0.3) is 0 Å². The van der Waals surface area contributed by atoms with Crippen molar-refractivity contribution in [2.24, 2.45) is 0 Å². The molecule has 21 heavy (non-hydrogen) atoms. The van der Waals surface area contributed by atoms with E-state index in [1.54, 1.807) is 0 Å². The first kappa shape index (κ1) is 15.4. The summed E-state index contributed by atoms with van der Waals surface area (Å²) in [5.74, 6) is -0.832. The average Bonchev–Trinajstić information content (AvgIpc) is 2.87. The van der Waals surface area contributed by atoms with Crippen molar-refractivity contribution < 1.29 is 24.2 Å². The molecule has 0 radical (unpaired) electrons. The highest BCUT2D eigenvalue weighted by Gasteiger charge is 2.34. The van der Waals surface area contributed by atoms with Crippen LogP contribution in [0.3, 0.4) is 0 Å². The maximum Gasteiger partial charge on any atom is 0.329 e. The summed E-state index contributed by atoms with van der Waals surface area (Å²) in [7, 11) is 0. The van der Waals surface area contributed by atoms with Crippen LogP contribution >= 0.6 is 11.6 Å². The van der Waals surface area contributed by atoms with Gasteiger partial charge in [-0.25, -0.2) is 4.79 Å². The third-order valence-corrected chi connectivity index (χ3v) is 3.58. The van der Waals surface area contributed by atoms with Crippen LogP contribution in [-0.4, -0.2) is 29.3 Å². The van der Waals surface area contributed by atoms with Gasteiger partial charge in [-0.3, -0.25) is 4.79 Å². The minimum atomic E-state index is -1.32.